The molecule has 0 nitrogen and oxygen atoms in total. The van der Waals surface area contributed by atoms with E-state index in [1.54, 1.807) is 0 Å². The minimum Gasteiger partial charge on any atom is -0.0622 e. The van der Waals surface area contributed by atoms with Crippen molar-refractivity contribution in [2.45, 2.75) is 12.3 Å². The second kappa shape index (κ2) is 8.37. The molecule has 0 heterocycles. The molecule has 0 radical (unpaired) electrons. The zero-order valence-corrected chi connectivity index (χ0v) is 21.9. The molecular weight excluding hydrogens is 544 g/mol. The molecule has 2 heteroatoms. The number of benzene rings is 5. The molecule has 5 aromatic carbocycles. The smallest absolute Gasteiger partial charge is 0.0622 e. The Morgan fingerprint density at radius 1 is 0.529 bits per heavy atom. The Labute approximate surface area is 217 Å². The number of fused-ring (bicyclic) bond motifs is 3. The van der Waals surface area contributed by atoms with Crippen LogP contribution in [0.3, 0.4) is 0 Å². The number of halogens is 2. The van der Waals surface area contributed by atoms with Gasteiger partial charge in [-0.2, -0.15) is 0 Å². The van der Waals surface area contributed by atoms with Crippen LogP contribution in [0.5, 0.6) is 0 Å². The fraction of sp³-hybridized carbons (Fsp3) is 0.0625. The summed E-state index contributed by atoms with van der Waals surface area (Å²) < 4.78 is 2.17. The van der Waals surface area contributed by atoms with E-state index in [-0.39, 0.29) is 0 Å². The first-order valence-electron chi connectivity index (χ1n) is 11.4. The highest BCUT2D eigenvalue weighted by atomic mass is 79.9. The summed E-state index contributed by atoms with van der Waals surface area (Å²) in [6, 6.07) is 42.0. The second-order valence-corrected chi connectivity index (χ2v) is 10.7. The Morgan fingerprint density at radius 2 is 1.18 bits per heavy atom. The van der Waals surface area contributed by atoms with Crippen molar-refractivity contribution in [2.24, 2.45) is 0 Å². The normalized spacial score (nSPS) is 13.4. The summed E-state index contributed by atoms with van der Waals surface area (Å²) in [5, 5.41) is 0. The van der Waals surface area contributed by atoms with Crippen LogP contribution in [0.4, 0.5) is 0 Å². The third kappa shape index (κ3) is 3.24. The maximum absolute atomic E-state index is 3.75. The third-order valence-electron chi connectivity index (χ3n) is 6.92. The molecule has 0 aliphatic heterocycles. The summed E-state index contributed by atoms with van der Waals surface area (Å²) >= 11 is 7.51. The minimum atomic E-state index is -0.420. The average Bonchev–Trinajstić information content (AvgIpc) is 3.15. The van der Waals surface area contributed by atoms with Gasteiger partial charge in [0.1, 0.15) is 0 Å². The van der Waals surface area contributed by atoms with Crippen LogP contribution in [0.25, 0.3) is 22.3 Å². The zero-order valence-electron chi connectivity index (χ0n) is 18.7. The number of hydrogen-bond donors (Lipinski definition) is 0. The lowest BCUT2D eigenvalue weighted by atomic mass is 9.67. The fourth-order valence-corrected chi connectivity index (χ4v) is 6.38. The van der Waals surface area contributed by atoms with Gasteiger partial charge in [-0.05, 0) is 75.7 Å². The van der Waals surface area contributed by atoms with E-state index in [1.807, 2.05) is 0 Å². The molecule has 1 aliphatic rings. The van der Waals surface area contributed by atoms with Crippen molar-refractivity contribution in [3.05, 3.63) is 152 Å². The minimum absolute atomic E-state index is 0.420. The highest BCUT2D eigenvalue weighted by molar-refractivity contribution is 9.10. The second-order valence-electron chi connectivity index (χ2n) is 8.91. The van der Waals surface area contributed by atoms with Crippen LogP contribution in [0, 0.1) is 6.92 Å². The first-order chi connectivity index (χ1) is 16.6. The van der Waals surface area contributed by atoms with Crippen LogP contribution >= 0.6 is 31.9 Å². The molecule has 0 atom stereocenters. The van der Waals surface area contributed by atoms with E-state index in [2.05, 4.69) is 154 Å². The molecule has 0 bridgehead atoms. The summed E-state index contributed by atoms with van der Waals surface area (Å²) in [5.41, 5.74) is 11.2. The van der Waals surface area contributed by atoms with Gasteiger partial charge in [-0.1, -0.05) is 128 Å². The molecule has 5 aromatic rings. The molecule has 0 spiro atoms. The van der Waals surface area contributed by atoms with Gasteiger partial charge in [0.25, 0.3) is 0 Å². The van der Waals surface area contributed by atoms with Gasteiger partial charge in [0.2, 0.25) is 0 Å². The van der Waals surface area contributed by atoms with Crippen LogP contribution in [0.15, 0.2) is 124 Å². The van der Waals surface area contributed by atoms with E-state index >= 15 is 0 Å². The van der Waals surface area contributed by atoms with Crippen LogP contribution in [-0.4, -0.2) is 0 Å². The molecular formula is C32H22Br2. The molecule has 164 valence electrons. The molecule has 34 heavy (non-hydrogen) atoms. The van der Waals surface area contributed by atoms with E-state index in [1.165, 1.54) is 50.1 Å². The molecule has 0 saturated carbocycles. The summed E-state index contributed by atoms with van der Waals surface area (Å²) in [4.78, 5) is 0. The maximum Gasteiger partial charge on any atom is 0.0714 e. The molecule has 0 N–H and O–H groups in total. The molecule has 0 saturated heterocycles. The lowest BCUT2D eigenvalue weighted by Crippen LogP contribution is -2.28. The molecule has 1 aliphatic carbocycles. The lowest BCUT2D eigenvalue weighted by Gasteiger charge is -2.34. The predicted octanol–water partition coefficient (Wildman–Crippen LogP) is 9.55. The Hall–Kier alpha value is -2.94. The maximum atomic E-state index is 3.75. The van der Waals surface area contributed by atoms with Crippen LogP contribution in [0.1, 0.15) is 27.8 Å². The monoisotopic (exact) mass is 564 g/mol. The van der Waals surface area contributed by atoms with Gasteiger partial charge in [0, 0.05) is 8.95 Å². The van der Waals surface area contributed by atoms with Gasteiger partial charge >= 0.3 is 0 Å². The number of aryl methyl sites for hydroxylation is 1. The van der Waals surface area contributed by atoms with Crippen LogP contribution in [0.2, 0.25) is 0 Å². The van der Waals surface area contributed by atoms with Crippen molar-refractivity contribution in [1.82, 2.24) is 0 Å². The largest absolute Gasteiger partial charge is 0.0714 e. The van der Waals surface area contributed by atoms with Gasteiger partial charge in [0.15, 0.2) is 0 Å². The van der Waals surface area contributed by atoms with Gasteiger partial charge in [-0.25, -0.2) is 0 Å². The zero-order chi connectivity index (χ0) is 23.3. The van der Waals surface area contributed by atoms with Crippen molar-refractivity contribution < 1.29 is 0 Å². The average molecular weight is 566 g/mol. The van der Waals surface area contributed by atoms with E-state index in [0.29, 0.717) is 0 Å². The Kier molecular flexibility index (Phi) is 5.32. The fourth-order valence-electron chi connectivity index (χ4n) is 5.58. The van der Waals surface area contributed by atoms with E-state index in [9.17, 15) is 0 Å². The highest BCUT2D eigenvalue weighted by Gasteiger charge is 2.47. The van der Waals surface area contributed by atoms with E-state index in [0.717, 1.165) is 8.95 Å². The first-order valence-corrected chi connectivity index (χ1v) is 13.0. The SMILES string of the molecule is Cc1ccc2c(c1)-c1c(-c3ccccc3)cccc1C2(c1cccc(Br)c1)c1cccc(Br)c1. The number of rotatable bonds is 3. The molecule has 6 rings (SSSR count). The molecule has 0 aromatic heterocycles. The lowest BCUT2D eigenvalue weighted by molar-refractivity contribution is 0.767. The molecule has 0 amide bonds. The van der Waals surface area contributed by atoms with Crippen LogP contribution < -0.4 is 0 Å². The van der Waals surface area contributed by atoms with Crippen molar-refractivity contribution in [3.63, 3.8) is 0 Å². The summed E-state index contributed by atoms with van der Waals surface area (Å²) in [7, 11) is 0. The summed E-state index contributed by atoms with van der Waals surface area (Å²) in [5.74, 6) is 0. The van der Waals surface area contributed by atoms with Gasteiger partial charge in [0.05, 0.1) is 5.41 Å². The topological polar surface area (TPSA) is 0 Å². The van der Waals surface area contributed by atoms with E-state index < -0.39 is 5.41 Å². The van der Waals surface area contributed by atoms with Crippen molar-refractivity contribution in [1.29, 1.82) is 0 Å². The van der Waals surface area contributed by atoms with Crippen molar-refractivity contribution >= 4 is 31.9 Å². The first kappa shape index (κ1) is 21.6. The van der Waals surface area contributed by atoms with Gasteiger partial charge in [-0.15, -0.1) is 0 Å². The summed E-state index contributed by atoms with van der Waals surface area (Å²) in [6.45, 7) is 2.18. The molecule has 0 fully saturated rings. The van der Waals surface area contributed by atoms with Gasteiger partial charge < -0.3 is 0 Å². The Morgan fingerprint density at radius 3 is 1.82 bits per heavy atom. The molecule has 0 unspecified atom stereocenters. The standard InChI is InChI=1S/C32H22Br2/c1-21-16-17-29-28(18-21)31-27(22-8-3-2-4-9-22)14-7-15-30(31)32(29,23-10-5-12-25(33)19-23)24-11-6-13-26(34)20-24/h2-20H,1H3. The Balaban J connectivity index is 1.81. The Bertz CT molecular complexity index is 1490. The number of hydrogen-bond acceptors (Lipinski definition) is 0. The van der Waals surface area contributed by atoms with Crippen LogP contribution in [-0.2, 0) is 5.41 Å². The quantitative estimate of drug-likeness (QED) is 0.200. The highest BCUT2D eigenvalue weighted by Crippen LogP contribution is 2.58. The predicted molar refractivity (Wildman–Crippen MR) is 149 cm³/mol. The van der Waals surface area contributed by atoms with Crippen molar-refractivity contribution in [3.8, 4) is 22.3 Å². The summed E-state index contributed by atoms with van der Waals surface area (Å²) in [6.07, 6.45) is 0. The third-order valence-corrected chi connectivity index (χ3v) is 7.90. The van der Waals surface area contributed by atoms with Gasteiger partial charge in [-0.3, -0.25) is 0 Å². The van der Waals surface area contributed by atoms with E-state index in [4.69, 9.17) is 0 Å². The van der Waals surface area contributed by atoms with Crippen molar-refractivity contribution in [2.75, 3.05) is 0 Å².